The summed E-state index contributed by atoms with van der Waals surface area (Å²) in [5, 5.41) is 0.837. The molecule has 0 bridgehead atoms. The van der Waals surface area contributed by atoms with Gasteiger partial charge in [-0.25, -0.2) is 19.2 Å². The predicted molar refractivity (Wildman–Crippen MR) is 80.6 cm³/mol. The summed E-state index contributed by atoms with van der Waals surface area (Å²) in [6, 6.07) is 5.52. The maximum absolute atomic E-state index is 13.6. The number of rotatable bonds is 7. The van der Waals surface area contributed by atoms with Crippen molar-refractivity contribution in [3.05, 3.63) is 30.1 Å². The van der Waals surface area contributed by atoms with Gasteiger partial charge in [0.05, 0.1) is 19.1 Å². The van der Waals surface area contributed by atoms with Gasteiger partial charge in [-0.15, -0.1) is 0 Å². The smallest absolute Gasteiger partial charge is 0.340 e. The van der Waals surface area contributed by atoms with Crippen LogP contribution in [0.4, 0.5) is 4.39 Å². The van der Waals surface area contributed by atoms with Crippen LogP contribution >= 0.6 is 0 Å². The SMILES string of the molecule is CCOC(=O)C(F)CCCc1cc(OC)c2cccnc2n1. The number of esters is 1. The second-order valence-corrected chi connectivity index (χ2v) is 4.80. The molecule has 0 saturated heterocycles. The van der Waals surface area contributed by atoms with Crippen LogP contribution in [0.25, 0.3) is 11.0 Å². The van der Waals surface area contributed by atoms with E-state index in [1.54, 1.807) is 20.2 Å². The fourth-order valence-corrected chi connectivity index (χ4v) is 2.19. The first-order valence-corrected chi connectivity index (χ1v) is 7.25. The lowest BCUT2D eigenvalue weighted by Gasteiger charge is -2.09. The summed E-state index contributed by atoms with van der Waals surface area (Å²) in [6.45, 7) is 1.84. The number of hydrogen-bond donors (Lipinski definition) is 0. The third-order valence-electron chi connectivity index (χ3n) is 3.25. The number of hydrogen-bond acceptors (Lipinski definition) is 5. The van der Waals surface area contributed by atoms with Gasteiger partial charge in [0, 0.05) is 18.0 Å². The number of methoxy groups -OCH3 is 1. The number of fused-ring (bicyclic) bond motifs is 1. The molecule has 118 valence electrons. The monoisotopic (exact) mass is 306 g/mol. The van der Waals surface area contributed by atoms with Crippen molar-refractivity contribution in [2.75, 3.05) is 13.7 Å². The third kappa shape index (κ3) is 3.90. The number of carbonyl (C=O) groups excluding carboxylic acids is 1. The highest BCUT2D eigenvalue weighted by Crippen LogP contribution is 2.24. The minimum absolute atomic E-state index is 0.114. The first-order valence-electron chi connectivity index (χ1n) is 7.25. The number of halogens is 1. The van der Waals surface area contributed by atoms with Crippen LogP contribution in [-0.4, -0.2) is 35.8 Å². The lowest BCUT2D eigenvalue weighted by atomic mass is 10.1. The number of nitrogens with zero attached hydrogens (tertiary/aromatic N) is 2. The van der Waals surface area contributed by atoms with E-state index in [0.717, 1.165) is 11.1 Å². The Kier molecular flexibility index (Phi) is 5.63. The molecule has 0 N–H and O–H groups in total. The Hall–Kier alpha value is -2.24. The summed E-state index contributed by atoms with van der Waals surface area (Å²) < 4.78 is 23.5. The molecule has 0 fully saturated rings. The van der Waals surface area contributed by atoms with Gasteiger partial charge in [0.1, 0.15) is 5.75 Å². The molecule has 2 aromatic heterocycles. The quantitative estimate of drug-likeness (QED) is 0.736. The summed E-state index contributed by atoms with van der Waals surface area (Å²) >= 11 is 0. The molecule has 22 heavy (non-hydrogen) atoms. The van der Waals surface area contributed by atoms with E-state index in [9.17, 15) is 9.18 Å². The molecule has 2 rings (SSSR count). The van der Waals surface area contributed by atoms with Crippen LogP contribution in [0.3, 0.4) is 0 Å². The summed E-state index contributed by atoms with van der Waals surface area (Å²) in [5.74, 6) is -0.108. The van der Waals surface area contributed by atoms with Crippen molar-refractivity contribution in [3.8, 4) is 5.75 Å². The van der Waals surface area contributed by atoms with Gasteiger partial charge in [-0.1, -0.05) is 0 Å². The van der Waals surface area contributed by atoms with Crippen LogP contribution in [0.5, 0.6) is 5.75 Å². The van der Waals surface area contributed by atoms with Crippen LogP contribution in [0.15, 0.2) is 24.4 Å². The van der Waals surface area contributed by atoms with Gasteiger partial charge in [-0.05, 0) is 38.3 Å². The van der Waals surface area contributed by atoms with Crippen LogP contribution in [0, 0.1) is 0 Å². The average Bonchev–Trinajstić information content (AvgIpc) is 2.54. The van der Waals surface area contributed by atoms with Crippen LogP contribution < -0.4 is 4.74 Å². The first-order chi connectivity index (χ1) is 10.7. The van der Waals surface area contributed by atoms with E-state index in [1.165, 1.54) is 0 Å². The maximum atomic E-state index is 13.6. The van der Waals surface area contributed by atoms with E-state index in [0.29, 0.717) is 24.2 Å². The number of alkyl halides is 1. The van der Waals surface area contributed by atoms with Crippen molar-refractivity contribution in [2.45, 2.75) is 32.4 Å². The second-order valence-electron chi connectivity index (χ2n) is 4.80. The Morgan fingerprint density at radius 2 is 2.27 bits per heavy atom. The molecule has 2 aromatic rings. The Balaban J connectivity index is 2.01. The molecule has 0 saturated carbocycles. The molecular formula is C16H19FN2O3. The van der Waals surface area contributed by atoms with Gasteiger partial charge in [0.15, 0.2) is 11.8 Å². The van der Waals surface area contributed by atoms with Gasteiger partial charge in [-0.2, -0.15) is 0 Å². The van der Waals surface area contributed by atoms with Crippen molar-refractivity contribution in [1.82, 2.24) is 9.97 Å². The summed E-state index contributed by atoms with van der Waals surface area (Å²) in [4.78, 5) is 19.9. The van der Waals surface area contributed by atoms with Gasteiger partial charge >= 0.3 is 5.97 Å². The molecule has 1 atom stereocenters. The van der Waals surface area contributed by atoms with E-state index < -0.39 is 12.1 Å². The average molecular weight is 306 g/mol. The van der Waals surface area contributed by atoms with Gasteiger partial charge in [0.25, 0.3) is 0 Å². The summed E-state index contributed by atoms with van der Waals surface area (Å²) in [5.41, 5.74) is 1.36. The zero-order valence-corrected chi connectivity index (χ0v) is 12.7. The van der Waals surface area contributed by atoms with Crippen molar-refractivity contribution in [1.29, 1.82) is 0 Å². The summed E-state index contributed by atoms with van der Waals surface area (Å²) in [7, 11) is 1.59. The standard InChI is InChI=1S/C16H19FN2O3/c1-3-22-16(20)13(17)8-4-6-11-10-14(21-2)12-7-5-9-18-15(12)19-11/h5,7,9-10,13H,3-4,6,8H2,1-2H3. The number of aryl methyl sites for hydroxylation is 1. The van der Waals surface area contributed by atoms with Gasteiger partial charge < -0.3 is 9.47 Å². The molecule has 0 spiro atoms. The molecule has 1 unspecified atom stereocenters. The van der Waals surface area contributed by atoms with E-state index in [4.69, 9.17) is 4.74 Å². The van der Waals surface area contributed by atoms with Crippen molar-refractivity contribution < 1.29 is 18.7 Å². The number of pyridine rings is 2. The molecule has 0 aromatic carbocycles. The Morgan fingerprint density at radius 1 is 1.45 bits per heavy atom. The summed E-state index contributed by atoms with van der Waals surface area (Å²) in [6.07, 6.45) is 1.23. The minimum Gasteiger partial charge on any atom is -0.496 e. The normalized spacial score (nSPS) is 12.1. The molecule has 0 aliphatic rings. The zero-order chi connectivity index (χ0) is 15.9. The van der Waals surface area contributed by atoms with Crippen molar-refractivity contribution in [2.24, 2.45) is 0 Å². The third-order valence-corrected chi connectivity index (χ3v) is 3.25. The van der Waals surface area contributed by atoms with Crippen molar-refractivity contribution in [3.63, 3.8) is 0 Å². The number of carbonyl (C=O) groups is 1. The van der Waals surface area contributed by atoms with E-state index in [2.05, 4.69) is 14.7 Å². The molecule has 6 heteroatoms. The fourth-order valence-electron chi connectivity index (χ4n) is 2.19. The zero-order valence-electron chi connectivity index (χ0n) is 12.7. The van der Waals surface area contributed by atoms with Crippen LogP contribution in [0.2, 0.25) is 0 Å². The minimum atomic E-state index is -1.58. The highest BCUT2D eigenvalue weighted by Gasteiger charge is 2.18. The fraction of sp³-hybridized carbons (Fsp3) is 0.438. The highest BCUT2D eigenvalue weighted by atomic mass is 19.1. The predicted octanol–water partition coefficient (Wildman–Crippen LogP) is 2.86. The largest absolute Gasteiger partial charge is 0.496 e. The van der Waals surface area contributed by atoms with Gasteiger partial charge in [0.2, 0.25) is 0 Å². The number of ether oxygens (including phenoxy) is 2. The molecule has 0 aliphatic carbocycles. The highest BCUT2D eigenvalue weighted by molar-refractivity contribution is 5.81. The van der Waals surface area contributed by atoms with E-state index in [1.807, 2.05) is 18.2 Å². The molecule has 0 aliphatic heterocycles. The Labute approximate surface area is 128 Å². The molecule has 0 amide bonds. The second kappa shape index (κ2) is 7.68. The van der Waals surface area contributed by atoms with Gasteiger partial charge in [-0.3, -0.25) is 0 Å². The molecule has 5 nitrogen and oxygen atoms in total. The maximum Gasteiger partial charge on any atom is 0.340 e. The van der Waals surface area contributed by atoms with E-state index in [-0.39, 0.29) is 13.0 Å². The Bertz CT molecular complexity index is 648. The van der Waals surface area contributed by atoms with E-state index >= 15 is 0 Å². The lowest BCUT2D eigenvalue weighted by Crippen LogP contribution is -2.19. The Morgan fingerprint density at radius 3 is 3.00 bits per heavy atom. The molecule has 0 radical (unpaired) electrons. The molecular weight excluding hydrogens is 287 g/mol. The number of aromatic nitrogens is 2. The van der Waals surface area contributed by atoms with Crippen molar-refractivity contribution >= 4 is 17.0 Å². The molecule has 2 heterocycles. The van der Waals surface area contributed by atoms with Crippen LogP contribution in [0.1, 0.15) is 25.5 Å². The first kappa shape index (κ1) is 16.1. The topological polar surface area (TPSA) is 61.3 Å². The lowest BCUT2D eigenvalue weighted by molar-refractivity contribution is -0.149. The van der Waals surface area contributed by atoms with Crippen LogP contribution in [-0.2, 0) is 16.0 Å².